The van der Waals surface area contributed by atoms with Crippen molar-refractivity contribution in [3.63, 3.8) is 0 Å². The Balaban J connectivity index is 1.13. The van der Waals surface area contributed by atoms with Crippen LogP contribution in [0.1, 0.15) is 71.7 Å². The SMILES string of the molecule is O=C(/C=C/c1ccccn1)Cc1ccc([C@H]2CCC[C@H](c3ccc(CC(=O)/C=C/c4ccccn4)nn3)C2)nn1. The van der Waals surface area contributed by atoms with Crippen LogP contribution in [0.15, 0.2) is 85.2 Å². The summed E-state index contributed by atoms with van der Waals surface area (Å²) in [5, 5.41) is 17.6. The van der Waals surface area contributed by atoms with Gasteiger partial charge in [-0.05, 0) is 92.1 Å². The molecule has 0 bridgehead atoms. The number of hydrogen-bond donors (Lipinski definition) is 0. The van der Waals surface area contributed by atoms with Crippen LogP contribution in [0.25, 0.3) is 12.2 Å². The Labute approximate surface area is 233 Å². The normalized spacial score (nSPS) is 17.3. The number of hydrogen-bond acceptors (Lipinski definition) is 8. The van der Waals surface area contributed by atoms with Crippen LogP contribution in [-0.4, -0.2) is 41.9 Å². The molecule has 1 aliphatic carbocycles. The van der Waals surface area contributed by atoms with Gasteiger partial charge in [0.2, 0.25) is 0 Å². The van der Waals surface area contributed by atoms with Gasteiger partial charge in [-0.2, -0.15) is 20.4 Å². The highest BCUT2D eigenvalue weighted by molar-refractivity contribution is 5.95. The van der Waals surface area contributed by atoms with Crippen molar-refractivity contribution in [3.8, 4) is 0 Å². The highest BCUT2D eigenvalue weighted by atomic mass is 16.1. The zero-order chi connectivity index (χ0) is 27.6. The van der Waals surface area contributed by atoms with Crippen molar-refractivity contribution in [2.45, 2.75) is 50.4 Å². The lowest BCUT2D eigenvalue weighted by Crippen LogP contribution is -2.16. The van der Waals surface area contributed by atoms with Crippen LogP contribution in [-0.2, 0) is 22.4 Å². The third-order valence-corrected chi connectivity index (χ3v) is 6.96. The minimum absolute atomic E-state index is 0.0432. The van der Waals surface area contributed by atoms with Crippen LogP contribution in [0.5, 0.6) is 0 Å². The summed E-state index contributed by atoms with van der Waals surface area (Å²) in [6.07, 6.45) is 14.3. The quantitative estimate of drug-likeness (QED) is 0.259. The molecule has 0 aliphatic heterocycles. The first-order valence-corrected chi connectivity index (χ1v) is 13.5. The monoisotopic (exact) mass is 530 g/mol. The third kappa shape index (κ3) is 7.66. The van der Waals surface area contributed by atoms with Crippen LogP contribution in [0.2, 0.25) is 0 Å². The molecule has 8 heteroatoms. The molecule has 4 heterocycles. The first-order valence-electron chi connectivity index (χ1n) is 13.5. The summed E-state index contributed by atoms with van der Waals surface area (Å²) < 4.78 is 0. The second kappa shape index (κ2) is 13.4. The maximum absolute atomic E-state index is 12.3. The van der Waals surface area contributed by atoms with Gasteiger partial charge in [0.05, 0.1) is 47.0 Å². The summed E-state index contributed by atoms with van der Waals surface area (Å²) in [5.41, 5.74) is 4.67. The van der Waals surface area contributed by atoms with Gasteiger partial charge in [0.1, 0.15) is 0 Å². The summed E-state index contributed by atoms with van der Waals surface area (Å²) in [6.45, 7) is 0. The lowest BCUT2D eigenvalue weighted by atomic mass is 9.78. The number of allylic oxidation sites excluding steroid dienone is 2. The molecule has 0 radical (unpaired) electrons. The number of carbonyl (C=O) groups is 2. The fourth-order valence-corrected chi connectivity index (χ4v) is 4.87. The van der Waals surface area contributed by atoms with E-state index in [0.29, 0.717) is 11.4 Å². The summed E-state index contributed by atoms with van der Waals surface area (Å²) in [7, 11) is 0. The minimum Gasteiger partial charge on any atom is -0.294 e. The van der Waals surface area contributed by atoms with Gasteiger partial charge in [-0.3, -0.25) is 19.6 Å². The average Bonchev–Trinajstić information content (AvgIpc) is 3.01. The molecule has 8 nitrogen and oxygen atoms in total. The molecule has 1 fully saturated rings. The molecule has 4 aromatic rings. The van der Waals surface area contributed by atoms with Gasteiger partial charge >= 0.3 is 0 Å². The highest BCUT2D eigenvalue weighted by Gasteiger charge is 2.26. The molecule has 200 valence electrons. The smallest absolute Gasteiger partial charge is 0.161 e. The van der Waals surface area contributed by atoms with Gasteiger partial charge in [-0.15, -0.1) is 0 Å². The molecule has 1 saturated carbocycles. The van der Waals surface area contributed by atoms with Gasteiger partial charge in [0.15, 0.2) is 11.6 Å². The Morgan fingerprint density at radius 2 is 1.15 bits per heavy atom. The van der Waals surface area contributed by atoms with Crippen LogP contribution in [0, 0.1) is 0 Å². The Kier molecular flexibility index (Phi) is 8.98. The standard InChI is InChI=1S/C32H30N6O2/c39-29(14-10-25-8-1-3-18-33-25)21-27-12-16-31(37-35-27)23-6-5-7-24(20-23)32-17-13-28(36-38-32)22-30(40)15-11-26-9-2-4-19-34-26/h1-4,8-19,23-24H,5-7,20-22H2/b14-10+,15-11+/t23-,24-/m0/s1. The van der Waals surface area contributed by atoms with Crippen molar-refractivity contribution in [1.82, 2.24) is 30.4 Å². The zero-order valence-corrected chi connectivity index (χ0v) is 22.1. The van der Waals surface area contributed by atoms with Crippen molar-refractivity contribution in [1.29, 1.82) is 0 Å². The summed E-state index contributed by atoms with van der Waals surface area (Å²) in [4.78, 5) is 33.0. The van der Waals surface area contributed by atoms with Crippen LogP contribution < -0.4 is 0 Å². The Bertz CT molecular complexity index is 1360. The van der Waals surface area contributed by atoms with Crippen molar-refractivity contribution < 1.29 is 9.59 Å². The van der Waals surface area contributed by atoms with E-state index in [1.807, 2.05) is 60.7 Å². The van der Waals surface area contributed by atoms with Crippen LogP contribution >= 0.6 is 0 Å². The van der Waals surface area contributed by atoms with Gasteiger partial charge in [-0.25, -0.2) is 0 Å². The van der Waals surface area contributed by atoms with E-state index in [1.54, 1.807) is 24.5 Å². The van der Waals surface area contributed by atoms with E-state index in [4.69, 9.17) is 0 Å². The number of nitrogens with zero attached hydrogens (tertiary/aromatic N) is 6. The molecule has 0 spiro atoms. The molecule has 0 aromatic carbocycles. The van der Waals surface area contributed by atoms with E-state index >= 15 is 0 Å². The Morgan fingerprint density at radius 1 is 0.650 bits per heavy atom. The second-order valence-electron chi connectivity index (χ2n) is 9.92. The summed E-state index contributed by atoms with van der Waals surface area (Å²) in [6, 6.07) is 18.9. The average molecular weight is 531 g/mol. The van der Waals surface area contributed by atoms with Crippen molar-refractivity contribution >= 4 is 23.7 Å². The van der Waals surface area contributed by atoms with E-state index in [1.165, 1.54) is 12.2 Å². The maximum atomic E-state index is 12.3. The van der Waals surface area contributed by atoms with E-state index in [-0.39, 0.29) is 36.2 Å². The number of ketones is 2. The van der Waals surface area contributed by atoms with Crippen molar-refractivity contribution in [2.24, 2.45) is 0 Å². The lowest BCUT2D eigenvalue weighted by Gasteiger charge is -2.28. The highest BCUT2D eigenvalue weighted by Crippen LogP contribution is 2.39. The molecule has 0 N–H and O–H groups in total. The molecular weight excluding hydrogens is 500 g/mol. The number of rotatable bonds is 10. The van der Waals surface area contributed by atoms with Gasteiger partial charge in [-0.1, -0.05) is 18.6 Å². The molecule has 0 amide bonds. The Morgan fingerprint density at radius 3 is 1.55 bits per heavy atom. The van der Waals surface area contributed by atoms with Crippen molar-refractivity contribution in [2.75, 3.05) is 0 Å². The molecule has 2 atom stereocenters. The molecule has 0 unspecified atom stereocenters. The molecule has 40 heavy (non-hydrogen) atoms. The second-order valence-corrected chi connectivity index (χ2v) is 9.92. The fraction of sp³-hybridized carbons (Fsp3) is 0.250. The molecule has 4 aromatic heterocycles. The topological polar surface area (TPSA) is 111 Å². The Hall–Kier alpha value is -4.72. The fourth-order valence-electron chi connectivity index (χ4n) is 4.87. The van der Waals surface area contributed by atoms with E-state index in [0.717, 1.165) is 48.5 Å². The van der Waals surface area contributed by atoms with Gasteiger partial charge in [0.25, 0.3) is 0 Å². The predicted octanol–water partition coefficient (Wildman–Crippen LogP) is 5.15. The number of aromatic nitrogens is 6. The summed E-state index contributed by atoms with van der Waals surface area (Å²) in [5.74, 6) is 0.469. The van der Waals surface area contributed by atoms with Crippen LogP contribution in [0.4, 0.5) is 0 Å². The van der Waals surface area contributed by atoms with E-state index in [9.17, 15) is 9.59 Å². The maximum Gasteiger partial charge on any atom is 0.161 e. The van der Waals surface area contributed by atoms with Crippen molar-refractivity contribution in [3.05, 3.63) is 119 Å². The van der Waals surface area contributed by atoms with Crippen LogP contribution in [0.3, 0.4) is 0 Å². The first-order chi connectivity index (χ1) is 19.6. The molecule has 5 rings (SSSR count). The third-order valence-electron chi connectivity index (χ3n) is 6.96. The number of carbonyl (C=O) groups excluding carboxylic acids is 2. The molecule has 1 aliphatic rings. The lowest BCUT2D eigenvalue weighted by molar-refractivity contribution is -0.114. The minimum atomic E-state index is -0.0432. The summed E-state index contributed by atoms with van der Waals surface area (Å²) >= 11 is 0. The van der Waals surface area contributed by atoms with Gasteiger partial charge < -0.3 is 0 Å². The molecule has 0 saturated heterocycles. The van der Waals surface area contributed by atoms with Gasteiger partial charge in [0, 0.05) is 24.2 Å². The first kappa shape index (κ1) is 26.9. The molecular formula is C32H30N6O2. The number of pyridine rings is 2. The van der Waals surface area contributed by atoms with E-state index in [2.05, 4.69) is 30.4 Å². The zero-order valence-electron chi connectivity index (χ0n) is 22.1. The predicted molar refractivity (Wildman–Crippen MR) is 152 cm³/mol. The largest absolute Gasteiger partial charge is 0.294 e. The van der Waals surface area contributed by atoms with E-state index < -0.39 is 0 Å².